The molecule has 0 bridgehead atoms. The number of nitrogens with zero attached hydrogens (tertiary/aromatic N) is 4. The van der Waals surface area contributed by atoms with Gasteiger partial charge >= 0.3 is 0 Å². The number of amides is 1. The summed E-state index contributed by atoms with van der Waals surface area (Å²) in [6, 6.07) is 12.1. The summed E-state index contributed by atoms with van der Waals surface area (Å²) in [4.78, 5) is 14.5. The molecule has 1 amide bonds. The molecule has 0 saturated carbocycles. The van der Waals surface area contributed by atoms with E-state index in [0.717, 1.165) is 42.7 Å². The van der Waals surface area contributed by atoms with Crippen molar-refractivity contribution in [3.05, 3.63) is 48.3 Å². The number of hydrogen-bond donors (Lipinski definition) is 1. The van der Waals surface area contributed by atoms with Crippen LogP contribution in [0.3, 0.4) is 0 Å². The molecule has 1 aliphatic heterocycles. The van der Waals surface area contributed by atoms with Crippen LogP contribution in [0.1, 0.15) is 12.8 Å². The number of nitrogens with one attached hydrogen (secondary N) is 1. The predicted octanol–water partition coefficient (Wildman–Crippen LogP) is 2.81. The molecule has 0 atom stereocenters. The minimum Gasteiger partial charge on any atom is -0.371 e. The van der Waals surface area contributed by atoms with Gasteiger partial charge in [0.15, 0.2) is 0 Å². The lowest BCUT2D eigenvalue weighted by Gasteiger charge is -2.18. The molecule has 0 spiro atoms. The minimum atomic E-state index is -0.356. The summed E-state index contributed by atoms with van der Waals surface area (Å²) in [6.07, 6.45) is 2.22. The van der Waals surface area contributed by atoms with Crippen LogP contribution in [0.4, 0.5) is 15.8 Å². The molecule has 2 heterocycles. The van der Waals surface area contributed by atoms with Crippen molar-refractivity contribution in [2.45, 2.75) is 19.4 Å². The lowest BCUT2D eigenvalue weighted by atomic mass is 10.2. The van der Waals surface area contributed by atoms with Crippen LogP contribution >= 0.6 is 0 Å². The molecule has 0 aliphatic carbocycles. The fourth-order valence-electron chi connectivity index (χ4n) is 3.17. The van der Waals surface area contributed by atoms with Crippen molar-refractivity contribution in [2.24, 2.45) is 0 Å². The predicted molar refractivity (Wildman–Crippen MR) is 94.0 cm³/mol. The molecule has 7 heteroatoms. The van der Waals surface area contributed by atoms with Gasteiger partial charge in [0.25, 0.3) is 0 Å². The first kappa shape index (κ1) is 15.6. The first-order chi connectivity index (χ1) is 12.2. The number of fused-ring (bicyclic) bond motifs is 1. The third kappa shape index (κ3) is 3.31. The SMILES string of the molecule is O=C(Cn1nnc2ccccc21)Nc1cc(F)cc(N2CCCC2)c1. The van der Waals surface area contributed by atoms with Crippen molar-refractivity contribution >= 4 is 28.3 Å². The van der Waals surface area contributed by atoms with Crippen molar-refractivity contribution in [3.8, 4) is 0 Å². The molecule has 1 aromatic heterocycles. The summed E-state index contributed by atoms with van der Waals surface area (Å²) in [5.74, 6) is -0.625. The summed E-state index contributed by atoms with van der Waals surface area (Å²) in [7, 11) is 0. The van der Waals surface area contributed by atoms with Gasteiger partial charge in [0.1, 0.15) is 17.9 Å². The largest absolute Gasteiger partial charge is 0.371 e. The molecule has 0 unspecified atom stereocenters. The molecule has 2 aromatic carbocycles. The fraction of sp³-hybridized carbons (Fsp3) is 0.278. The van der Waals surface area contributed by atoms with E-state index < -0.39 is 0 Å². The van der Waals surface area contributed by atoms with Crippen molar-refractivity contribution in [1.82, 2.24) is 15.0 Å². The van der Waals surface area contributed by atoms with Crippen LogP contribution in [0.15, 0.2) is 42.5 Å². The summed E-state index contributed by atoms with van der Waals surface area (Å²) in [5.41, 5.74) is 2.78. The second kappa shape index (κ2) is 6.51. The van der Waals surface area contributed by atoms with Crippen LogP contribution in [-0.2, 0) is 11.3 Å². The Labute approximate surface area is 144 Å². The average Bonchev–Trinajstić information content (AvgIpc) is 3.25. The molecular weight excluding hydrogens is 321 g/mol. The first-order valence-corrected chi connectivity index (χ1v) is 8.33. The Balaban J connectivity index is 1.50. The lowest BCUT2D eigenvalue weighted by molar-refractivity contribution is -0.116. The molecule has 1 N–H and O–H groups in total. The number of hydrogen-bond acceptors (Lipinski definition) is 4. The van der Waals surface area contributed by atoms with Gasteiger partial charge in [0, 0.05) is 24.5 Å². The maximum atomic E-state index is 13.9. The molecule has 1 fully saturated rings. The Morgan fingerprint density at radius 2 is 1.96 bits per heavy atom. The number of aromatic nitrogens is 3. The van der Waals surface area contributed by atoms with Crippen LogP contribution in [0.2, 0.25) is 0 Å². The van der Waals surface area contributed by atoms with Crippen LogP contribution in [0.25, 0.3) is 11.0 Å². The zero-order chi connectivity index (χ0) is 17.2. The number of carbonyl (C=O) groups excluding carboxylic acids is 1. The molecule has 0 radical (unpaired) electrons. The average molecular weight is 339 g/mol. The molecule has 1 saturated heterocycles. The van der Waals surface area contributed by atoms with Gasteiger partial charge in [-0.25, -0.2) is 9.07 Å². The molecule has 6 nitrogen and oxygen atoms in total. The van der Waals surface area contributed by atoms with Crippen molar-refractivity contribution in [1.29, 1.82) is 0 Å². The van der Waals surface area contributed by atoms with E-state index in [1.54, 1.807) is 0 Å². The number of anilines is 2. The van der Waals surface area contributed by atoms with Gasteiger partial charge in [-0.3, -0.25) is 4.79 Å². The molecule has 25 heavy (non-hydrogen) atoms. The van der Waals surface area contributed by atoms with Gasteiger partial charge in [-0.15, -0.1) is 5.10 Å². The minimum absolute atomic E-state index is 0.0239. The Bertz CT molecular complexity index is 917. The lowest BCUT2D eigenvalue weighted by Crippen LogP contribution is -2.21. The second-order valence-electron chi connectivity index (χ2n) is 6.18. The smallest absolute Gasteiger partial charge is 0.246 e. The number of halogens is 1. The highest BCUT2D eigenvalue weighted by atomic mass is 19.1. The highest BCUT2D eigenvalue weighted by Gasteiger charge is 2.15. The van der Waals surface area contributed by atoms with Crippen LogP contribution in [0, 0.1) is 5.82 Å². The molecule has 4 rings (SSSR count). The van der Waals surface area contributed by atoms with Crippen molar-refractivity contribution in [3.63, 3.8) is 0 Å². The maximum absolute atomic E-state index is 13.9. The van der Waals surface area contributed by atoms with Crippen LogP contribution < -0.4 is 10.2 Å². The third-order valence-corrected chi connectivity index (χ3v) is 4.35. The summed E-state index contributed by atoms with van der Waals surface area (Å²) in [6.45, 7) is 1.86. The topological polar surface area (TPSA) is 63.1 Å². The standard InChI is InChI=1S/C18H18FN5O/c19-13-9-14(11-15(10-13)23-7-3-4-8-23)20-18(25)12-24-17-6-2-1-5-16(17)21-22-24/h1-2,5-6,9-11H,3-4,7-8,12H2,(H,20,25). The number of rotatable bonds is 4. The zero-order valence-electron chi connectivity index (χ0n) is 13.7. The van der Waals surface area contributed by atoms with E-state index in [4.69, 9.17) is 0 Å². The van der Waals surface area contributed by atoms with E-state index in [-0.39, 0.29) is 18.3 Å². The van der Waals surface area contributed by atoms with Gasteiger partial charge in [-0.2, -0.15) is 0 Å². The number of carbonyl (C=O) groups is 1. The van der Waals surface area contributed by atoms with E-state index in [1.807, 2.05) is 30.3 Å². The molecular formula is C18H18FN5O. The third-order valence-electron chi connectivity index (χ3n) is 4.35. The number of benzene rings is 2. The van der Waals surface area contributed by atoms with E-state index in [9.17, 15) is 9.18 Å². The monoisotopic (exact) mass is 339 g/mol. The normalized spacial score (nSPS) is 14.2. The number of para-hydroxylation sites is 1. The van der Waals surface area contributed by atoms with Crippen LogP contribution in [0.5, 0.6) is 0 Å². The molecule has 128 valence electrons. The summed E-state index contributed by atoms with van der Waals surface area (Å²) < 4.78 is 15.4. The van der Waals surface area contributed by atoms with Gasteiger partial charge < -0.3 is 10.2 Å². The van der Waals surface area contributed by atoms with Gasteiger partial charge in [0.05, 0.1) is 5.52 Å². The maximum Gasteiger partial charge on any atom is 0.246 e. The fourth-order valence-corrected chi connectivity index (χ4v) is 3.17. The van der Waals surface area contributed by atoms with E-state index in [2.05, 4.69) is 20.5 Å². The Hall–Kier alpha value is -2.96. The Morgan fingerprint density at radius 3 is 2.80 bits per heavy atom. The first-order valence-electron chi connectivity index (χ1n) is 8.33. The van der Waals surface area contributed by atoms with Crippen molar-refractivity contribution in [2.75, 3.05) is 23.3 Å². The molecule has 3 aromatic rings. The Morgan fingerprint density at radius 1 is 1.16 bits per heavy atom. The highest BCUT2D eigenvalue weighted by Crippen LogP contribution is 2.25. The molecule has 1 aliphatic rings. The van der Waals surface area contributed by atoms with Gasteiger partial charge in [-0.05, 0) is 43.2 Å². The quantitative estimate of drug-likeness (QED) is 0.794. The summed E-state index contributed by atoms with van der Waals surface area (Å²) >= 11 is 0. The second-order valence-corrected chi connectivity index (χ2v) is 6.18. The van der Waals surface area contributed by atoms with Crippen LogP contribution in [-0.4, -0.2) is 34.0 Å². The van der Waals surface area contributed by atoms with Gasteiger partial charge in [-0.1, -0.05) is 17.3 Å². The summed E-state index contributed by atoms with van der Waals surface area (Å²) in [5, 5.41) is 10.8. The van der Waals surface area contributed by atoms with E-state index in [1.165, 1.54) is 16.8 Å². The Kier molecular flexibility index (Phi) is 4.05. The van der Waals surface area contributed by atoms with Crippen molar-refractivity contribution < 1.29 is 9.18 Å². The van der Waals surface area contributed by atoms with Gasteiger partial charge in [0.2, 0.25) is 5.91 Å². The zero-order valence-corrected chi connectivity index (χ0v) is 13.7. The highest BCUT2D eigenvalue weighted by molar-refractivity contribution is 5.92. The van der Waals surface area contributed by atoms with E-state index >= 15 is 0 Å². The van der Waals surface area contributed by atoms with E-state index in [0.29, 0.717) is 5.69 Å².